The number of hydrogen-bond acceptors (Lipinski definition) is 4. The van der Waals surface area contributed by atoms with Crippen molar-refractivity contribution in [3.63, 3.8) is 0 Å². The fourth-order valence-electron chi connectivity index (χ4n) is 3.33. The molecule has 2 aromatic rings. The number of para-hydroxylation sites is 1. The Morgan fingerprint density at radius 2 is 1.84 bits per heavy atom. The Morgan fingerprint density at radius 1 is 1.16 bits per heavy atom. The molecule has 1 aliphatic rings. The van der Waals surface area contributed by atoms with Crippen LogP contribution in [-0.4, -0.2) is 42.1 Å². The van der Waals surface area contributed by atoms with Gasteiger partial charge in [-0.3, -0.25) is 9.59 Å². The third-order valence-corrected chi connectivity index (χ3v) is 4.82. The van der Waals surface area contributed by atoms with Crippen molar-refractivity contribution in [2.24, 2.45) is 5.92 Å². The quantitative estimate of drug-likeness (QED) is 0.893. The van der Waals surface area contributed by atoms with Crippen molar-refractivity contribution in [2.75, 3.05) is 19.0 Å². The van der Waals surface area contributed by atoms with Crippen LogP contribution in [0.4, 0.5) is 5.82 Å². The van der Waals surface area contributed by atoms with Crippen LogP contribution >= 0.6 is 0 Å². The van der Waals surface area contributed by atoms with Gasteiger partial charge in [0.15, 0.2) is 0 Å². The first-order valence-corrected chi connectivity index (χ1v) is 8.56. The number of nitrogens with zero attached hydrogens (tertiary/aromatic N) is 2. The first-order valence-electron chi connectivity index (χ1n) is 8.56. The lowest BCUT2D eigenvalue weighted by molar-refractivity contribution is -0.142. The molecule has 0 spiro atoms. The molecule has 1 heterocycles. The van der Waals surface area contributed by atoms with Crippen LogP contribution in [0.3, 0.4) is 0 Å². The van der Waals surface area contributed by atoms with Crippen LogP contribution < -0.4 is 10.2 Å². The number of carbonyl (C=O) groups is 2. The molecule has 1 saturated carbocycles. The number of aromatic nitrogens is 1. The summed E-state index contributed by atoms with van der Waals surface area (Å²) >= 11 is 0. The summed E-state index contributed by atoms with van der Waals surface area (Å²) in [4.78, 5) is 30.3. The van der Waals surface area contributed by atoms with Gasteiger partial charge < -0.3 is 15.3 Å². The number of carbonyl (C=O) groups excluding carboxylic acids is 1. The zero-order valence-electron chi connectivity index (χ0n) is 14.5. The van der Waals surface area contributed by atoms with E-state index in [4.69, 9.17) is 5.11 Å². The number of aliphatic carboxylic acids is 1. The van der Waals surface area contributed by atoms with E-state index in [-0.39, 0.29) is 17.9 Å². The van der Waals surface area contributed by atoms with Gasteiger partial charge in [0, 0.05) is 25.5 Å². The average molecular weight is 341 g/mol. The van der Waals surface area contributed by atoms with E-state index in [1.54, 1.807) is 6.07 Å². The lowest BCUT2D eigenvalue weighted by atomic mass is 9.86. The fourth-order valence-corrected chi connectivity index (χ4v) is 3.33. The summed E-state index contributed by atoms with van der Waals surface area (Å²) in [6.45, 7) is 0. The second-order valence-corrected chi connectivity index (χ2v) is 6.80. The molecule has 6 heteroatoms. The van der Waals surface area contributed by atoms with Gasteiger partial charge in [-0.1, -0.05) is 18.2 Å². The molecule has 1 aliphatic carbocycles. The van der Waals surface area contributed by atoms with Gasteiger partial charge in [0.05, 0.1) is 17.0 Å². The lowest BCUT2D eigenvalue weighted by Gasteiger charge is -2.27. The number of pyridine rings is 1. The predicted molar refractivity (Wildman–Crippen MR) is 96.9 cm³/mol. The van der Waals surface area contributed by atoms with Gasteiger partial charge in [0.2, 0.25) is 0 Å². The number of carboxylic acids is 1. The molecule has 0 unspecified atom stereocenters. The van der Waals surface area contributed by atoms with Crippen LogP contribution in [-0.2, 0) is 4.79 Å². The standard InChI is InChI=1S/C19H23N3O3/c1-22(2)17-11-15(14-5-3-4-6-16(14)21-17)18(23)20-13-9-7-12(8-10-13)19(24)25/h3-6,11-13H,7-10H2,1-2H3,(H,20,23)(H,24,25). The highest BCUT2D eigenvalue weighted by atomic mass is 16.4. The number of fused-ring (bicyclic) bond motifs is 1. The Morgan fingerprint density at radius 3 is 2.48 bits per heavy atom. The van der Waals surface area contributed by atoms with Gasteiger partial charge in [-0.2, -0.15) is 0 Å². The highest BCUT2D eigenvalue weighted by molar-refractivity contribution is 6.07. The van der Waals surface area contributed by atoms with Crippen molar-refractivity contribution in [1.82, 2.24) is 10.3 Å². The second kappa shape index (κ2) is 7.09. The maximum absolute atomic E-state index is 12.8. The maximum Gasteiger partial charge on any atom is 0.306 e. The molecule has 0 bridgehead atoms. The molecular weight excluding hydrogens is 318 g/mol. The van der Waals surface area contributed by atoms with Crippen LogP contribution in [0, 0.1) is 5.92 Å². The Balaban J connectivity index is 1.81. The van der Waals surface area contributed by atoms with Gasteiger partial charge in [-0.15, -0.1) is 0 Å². The molecule has 0 radical (unpaired) electrons. The third-order valence-electron chi connectivity index (χ3n) is 4.82. The first-order chi connectivity index (χ1) is 12.0. The molecule has 3 rings (SSSR count). The molecule has 0 saturated heterocycles. The predicted octanol–water partition coefficient (Wildman–Crippen LogP) is 2.67. The molecule has 1 aromatic heterocycles. The summed E-state index contributed by atoms with van der Waals surface area (Å²) in [6.07, 6.45) is 2.62. The minimum absolute atomic E-state index is 0.0258. The average Bonchev–Trinajstić information content (AvgIpc) is 2.61. The topological polar surface area (TPSA) is 82.5 Å². The summed E-state index contributed by atoms with van der Waals surface area (Å²) in [5, 5.41) is 13.0. The SMILES string of the molecule is CN(C)c1cc(C(=O)NC2CCC(C(=O)O)CC2)c2ccccc2n1. The number of amides is 1. The number of rotatable bonds is 4. The molecule has 1 amide bonds. The highest BCUT2D eigenvalue weighted by Gasteiger charge is 2.27. The number of carboxylic acid groups (broad SMARTS) is 1. The van der Waals surface area contributed by atoms with Crippen molar-refractivity contribution < 1.29 is 14.7 Å². The largest absolute Gasteiger partial charge is 0.481 e. The zero-order chi connectivity index (χ0) is 18.0. The van der Waals surface area contributed by atoms with Crippen molar-refractivity contribution in [2.45, 2.75) is 31.7 Å². The summed E-state index contributed by atoms with van der Waals surface area (Å²) < 4.78 is 0. The molecule has 6 nitrogen and oxygen atoms in total. The first kappa shape index (κ1) is 17.2. The molecule has 0 atom stereocenters. The van der Waals surface area contributed by atoms with Crippen molar-refractivity contribution >= 4 is 28.6 Å². The number of nitrogens with one attached hydrogen (secondary N) is 1. The minimum Gasteiger partial charge on any atom is -0.481 e. The zero-order valence-corrected chi connectivity index (χ0v) is 14.5. The van der Waals surface area contributed by atoms with E-state index in [2.05, 4.69) is 10.3 Å². The molecular formula is C19H23N3O3. The molecule has 2 N–H and O–H groups in total. The molecule has 132 valence electrons. The van der Waals surface area contributed by atoms with Gasteiger partial charge >= 0.3 is 5.97 Å². The van der Waals surface area contributed by atoms with E-state index in [1.165, 1.54) is 0 Å². The van der Waals surface area contributed by atoms with Crippen molar-refractivity contribution in [3.8, 4) is 0 Å². The Hall–Kier alpha value is -2.63. The molecule has 1 aromatic carbocycles. The van der Waals surface area contributed by atoms with Crippen molar-refractivity contribution in [3.05, 3.63) is 35.9 Å². The smallest absolute Gasteiger partial charge is 0.306 e. The summed E-state index contributed by atoms with van der Waals surface area (Å²) in [5.74, 6) is -0.408. The van der Waals surface area contributed by atoms with Crippen molar-refractivity contribution in [1.29, 1.82) is 0 Å². The van der Waals surface area contributed by atoms with Crippen LogP contribution in [0.2, 0.25) is 0 Å². The van der Waals surface area contributed by atoms with Crippen LogP contribution in [0.15, 0.2) is 30.3 Å². The van der Waals surface area contributed by atoms with E-state index in [0.29, 0.717) is 31.2 Å². The summed E-state index contributed by atoms with van der Waals surface area (Å²) in [7, 11) is 3.79. The summed E-state index contributed by atoms with van der Waals surface area (Å²) in [6, 6.07) is 9.44. The molecule has 1 fully saturated rings. The normalized spacial score (nSPS) is 20.2. The second-order valence-electron chi connectivity index (χ2n) is 6.80. The van der Waals surface area contributed by atoms with E-state index in [0.717, 1.165) is 16.7 Å². The summed E-state index contributed by atoms with van der Waals surface area (Å²) in [5.41, 5.74) is 1.39. The van der Waals surface area contributed by atoms with Crippen LogP contribution in [0.1, 0.15) is 36.0 Å². The lowest BCUT2D eigenvalue weighted by Crippen LogP contribution is -2.38. The van der Waals surface area contributed by atoms with E-state index in [1.807, 2.05) is 43.3 Å². The number of benzene rings is 1. The Labute approximate surface area is 146 Å². The molecule has 25 heavy (non-hydrogen) atoms. The van der Waals surface area contributed by atoms with E-state index in [9.17, 15) is 9.59 Å². The maximum atomic E-state index is 12.8. The fraction of sp³-hybridized carbons (Fsp3) is 0.421. The Bertz CT molecular complexity index is 796. The number of anilines is 1. The van der Waals surface area contributed by atoms with Crippen LogP contribution in [0.25, 0.3) is 10.9 Å². The monoisotopic (exact) mass is 341 g/mol. The Kier molecular flexibility index (Phi) is 4.88. The van der Waals surface area contributed by atoms with Gasteiger partial charge in [-0.25, -0.2) is 4.98 Å². The van der Waals surface area contributed by atoms with E-state index < -0.39 is 5.97 Å². The van der Waals surface area contributed by atoms with Gasteiger partial charge in [0.25, 0.3) is 5.91 Å². The van der Waals surface area contributed by atoms with Crippen LogP contribution in [0.5, 0.6) is 0 Å². The minimum atomic E-state index is -0.736. The third kappa shape index (κ3) is 3.73. The number of hydrogen-bond donors (Lipinski definition) is 2. The highest BCUT2D eigenvalue weighted by Crippen LogP contribution is 2.26. The van der Waals surface area contributed by atoms with Gasteiger partial charge in [0.1, 0.15) is 5.82 Å². The van der Waals surface area contributed by atoms with E-state index >= 15 is 0 Å². The van der Waals surface area contributed by atoms with Gasteiger partial charge in [-0.05, 0) is 37.8 Å². The molecule has 0 aliphatic heterocycles.